The van der Waals surface area contributed by atoms with Gasteiger partial charge in [-0.1, -0.05) is 11.6 Å². The second-order valence-corrected chi connectivity index (χ2v) is 3.96. The fourth-order valence-corrected chi connectivity index (χ4v) is 1.79. The third kappa shape index (κ3) is 2.31. The largest absolute Gasteiger partial charge is 0.318 e. The van der Waals surface area contributed by atoms with E-state index < -0.39 is 4.92 Å². The van der Waals surface area contributed by atoms with Gasteiger partial charge in [-0.15, -0.1) is 0 Å². The molecule has 0 N–H and O–H groups in total. The zero-order chi connectivity index (χ0) is 13.1. The molecule has 0 unspecified atom stereocenters. The summed E-state index contributed by atoms with van der Waals surface area (Å²) in [5, 5.41) is 20.1. The number of imidazole rings is 1. The van der Waals surface area contributed by atoms with Crippen molar-refractivity contribution in [1.29, 1.82) is 5.26 Å². The number of benzene rings is 1. The maximum Gasteiger partial charge on any atom is 0.274 e. The van der Waals surface area contributed by atoms with Gasteiger partial charge in [-0.25, -0.2) is 4.98 Å². The van der Waals surface area contributed by atoms with Gasteiger partial charge in [0.15, 0.2) is 0 Å². The van der Waals surface area contributed by atoms with Crippen molar-refractivity contribution in [3.63, 3.8) is 0 Å². The second-order valence-electron chi connectivity index (χ2n) is 3.52. The zero-order valence-electron chi connectivity index (χ0n) is 9.08. The van der Waals surface area contributed by atoms with Gasteiger partial charge in [0.25, 0.3) is 5.69 Å². The van der Waals surface area contributed by atoms with Crippen LogP contribution in [0.25, 0.3) is 0 Å². The number of nitro benzene ring substituents is 1. The third-order valence-corrected chi connectivity index (χ3v) is 2.63. The molecule has 0 saturated carbocycles. The van der Waals surface area contributed by atoms with Gasteiger partial charge in [0.1, 0.15) is 6.07 Å². The lowest BCUT2D eigenvalue weighted by atomic mass is 10.2. The lowest BCUT2D eigenvalue weighted by molar-refractivity contribution is -0.385. The van der Waals surface area contributed by atoms with Gasteiger partial charge >= 0.3 is 0 Å². The molecular formula is C11H7ClN4O2. The average molecular weight is 263 g/mol. The minimum absolute atomic E-state index is 0.0306. The summed E-state index contributed by atoms with van der Waals surface area (Å²) >= 11 is 5.82. The lowest BCUT2D eigenvalue weighted by Crippen LogP contribution is -2.04. The SMILES string of the molecule is N#Cc1nccn1Cc1cc(Cl)ccc1[N+](=O)[O-]. The normalized spacial score (nSPS) is 10.0. The molecule has 0 aliphatic carbocycles. The highest BCUT2D eigenvalue weighted by molar-refractivity contribution is 6.30. The summed E-state index contributed by atoms with van der Waals surface area (Å²) < 4.78 is 1.53. The van der Waals surface area contributed by atoms with Gasteiger partial charge < -0.3 is 4.57 Å². The van der Waals surface area contributed by atoms with Gasteiger partial charge in [0, 0.05) is 23.5 Å². The van der Waals surface area contributed by atoms with Gasteiger partial charge in [0.2, 0.25) is 5.82 Å². The van der Waals surface area contributed by atoms with Gasteiger partial charge in [-0.3, -0.25) is 10.1 Å². The van der Waals surface area contributed by atoms with Crippen LogP contribution in [-0.2, 0) is 6.54 Å². The molecule has 0 amide bonds. The van der Waals surface area contributed by atoms with E-state index in [1.54, 1.807) is 6.20 Å². The number of nitro groups is 1. The first-order chi connectivity index (χ1) is 8.61. The van der Waals surface area contributed by atoms with Gasteiger partial charge in [0.05, 0.1) is 17.0 Å². The molecule has 0 atom stereocenters. The van der Waals surface area contributed by atoms with Gasteiger partial charge in [-0.05, 0) is 12.1 Å². The molecule has 2 rings (SSSR count). The lowest BCUT2D eigenvalue weighted by Gasteiger charge is -2.05. The molecule has 0 aliphatic rings. The number of nitriles is 1. The molecule has 0 fully saturated rings. The van der Waals surface area contributed by atoms with E-state index in [1.165, 1.54) is 29.0 Å². The molecule has 6 nitrogen and oxygen atoms in total. The standard InChI is InChI=1S/C11H7ClN4O2/c12-9-1-2-10(16(17)18)8(5-9)7-15-4-3-14-11(15)6-13/h1-5H,7H2. The zero-order valence-corrected chi connectivity index (χ0v) is 9.83. The summed E-state index contributed by atoms with van der Waals surface area (Å²) in [6.45, 7) is 0.180. The molecule has 1 aromatic heterocycles. The minimum atomic E-state index is -0.478. The van der Waals surface area contributed by atoms with Crippen LogP contribution < -0.4 is 0 Å². The van der Waals surface area contributed by atoms with Crippen molar-refractivity contribution in [2.75, 3.05) is 0 Å². The summed E-state index contributed by atoms with van der Waals surface area (Å²) in [7, 11) is 0. The van der Waals surface area contributed by atoms with Crippen molar-refractivity contribution in [3.05, 3.63) is 57.1 Å². The molecule has 0 spiro atoms. The predicted molar refractivity (Wildman–Crippen MR) is 64.2 cm³/mol. The Morgan fingerprint density at radius 1 is 1.56 bits per heavy atom. The number of rotatable bonds is 3. The summed E-state index contributed by atoms with van der Waals surface area (Å²) in [6.07, 6.45) is 3.05. The molecule has 2 aromatic rings. The van der Waals surface area contributed by atoms with Crippen LogP contribution in [-0.4, -0.2) is 14.5 Å². The molecule has 0 bridgehead atoms. The monoisotopic (exact) mass is 262 g/mol. The minimum Gasteiger partial charge on any atom is -0.318 e. The van der Waals surface area contributed by atoms with Crippen molar-refractivity contribution < 1.29 is 4.92 Å². The van der Waals surface area contributed by atoms with Crippen LogP contribution in [0, 0.1) is 21.4 Å². The highest BCUT2D eigenvalue weighted by Gasteiger charge is 2.15. The van der Waals surface area contributed by atoms with Gasteiger partial charge in [-0.2, -0.15) is 5.26 Å². The third-order valence-electron chi connectivity index (χ3n) is 2.39. The summed E-state index contributed by atoms with van der Waals surface area (Å²) in [4.78, 5) is 14.2. The molecule has 90 valence electrons. The average Bonchev–Trinajstić information content (AvgIpc) is 2.76. The highest BCUT2D eigenvalue weighted by atomic mass is 35.5. The quantitative estimate of drug-likeness (QED) is 0.628. The number of halogens is 1. The molecule has 1 heterocycles. The van der Waals surface area contributed by atoms with E-state index in [9.17, 15) is 10.1 Å². The Labute approximate surface area is 107 Å². The van der Waals surface area contributed by atoms with Crippen LogP contribution >= 0.6 is 11.6 Å². The van der Waals surface area contributed by atoms with E-state index in [4.69, 9.17) is 16.9 Å². The van der Waals surface area contributed by atoms with Crippen LogP contribution in [0.3, 0.4) is 0 Å². The number of aromatic nitrogens is 2. The van der Waals surface area contributed by atoms with E-state index in [0.29, 0.717) is 10.6 Å². The van der Waals surface area contributed by atoms with Crippen molar-refractivity contribution >= 4 is 17.3 Å². The molecular weight excluding hydrogens is 256 g/mol. The molecule has 0 radical (unpaired) electrons. The van der Waals surface area contributed by atoms with Crippen LogP contribution in [0.4, 0.5) is 5.69 Å². The Balaban J connectivity index is 2.43. The maximum atomic E-state index is 10.9. The van der Waals surface area contributed by atoms with Crippen LogP contribution in [0.5, 0.6) is 0 Å². The van der Waals surface area contributed by atoms with E-state index in [-0.39, 0.29) is 18.1 Å². The fraction of sp³-hybridized carbons (Fsp3) is 0.0909. The summed E-state index contributed by atoms with van der Waals surface area (Å²) in [6, 6.07) is 6.23. The number of nitrogens with zero attached hydrogens (tertiary/aromatic N) is 4. The maximum absolute atomic E-state index is 10.9. The molecule has 1 aromatic carbocycles. The first-order valence-corrected chi connectivity index (χ1v) is 5.33. The molecule has 18 heavy (non-hydrogen) atoms. The Morgan fingerprint density at radius 2 is 2.33 bits per heavy atom. The van der Waals surface area contributed by atoms with E-state index in [2.05, 4.69) is 4.98 Å². The fourth-order valence-electron chi connectivity index (χ4n) is 1.59. The van der Waals surface area contributed by atoms with Crippen molar-refractivity contribution in [2.45, 2.75) is 6.54 Å². The van der Waals surface area contributed by atoms with E-state index in [1.807, 2.05) is 6.07 Å². The van der Waals surface area contributed by atoms with Crippen molar-refractivity contribution in [2.24, 2.45) is 0 Å². The number of hydrogen-bond acceptors (Lipinski definition) is 4. The van der Waals surface area contributed by atoms with Crippen LogP contribution in [0.2, 0.25) is 5.02 Å². The summed E-state index contributed by atoms with van der Waals surface area (Å²) in [5.41, 5.74) is 0.402. The van der Waals surface area contributed by atoms with E-state index >= 15 is 0 Å². The Bertz CT molecular complexity index is 645. The van der Waals surface area contributed by atoms with E-state index in [0.717, 1.165) is 0 Å². The molecule has 0 saturated heterocycles. The van der Waals surface area contributed by atoms with Crippen LogP contribution in [0.1, 0.15) is 11.4 Å². The Kier molecular flexibility index (Phi) is 3.26. The number of hydrogen-bond donors (Lipinski definition) is 0. The molecule has 0 aliphatic heterocycles. The Morgan fingerprint density at radius 3 is 3.00 bits per heavy atom. The first-order valence-electron chi connectivity index (χ1n) is 4.96. The topological polar surface area (TPSA) is 84.8 Å². The Hall–Kier alpha value is -2.39. The highest BCUT2D eigenvalue weighted by Crippen LogP contribution is 2.23. The predicted octanol–water partition coefficient (Wildman–Crippen LogP) is 2.36. The molecule has 7 heteroatoms. The smallest absolute Gasteiger partial charge is 0.274 e. The van der Waals surface area contributed by atoms with Crippen LogP contribution in [0.15, 0.2) is 30.6 Å². The second kappa shape index (κ2) is 4.85. The van der Waals surface area contributed by atoms with Crippen molar-refractivity contribution in [1.82, 2.24) is 9.55 Å². The van der Waals surface area contributed by atoms with Crippen molar-refractivity contribution in [3.8, 4) is 6.07 Å². The first kappa shape index (κ1) is 12.1. The summed E-state index contributed by atoms with van der Waals surface area (Å²) in [5.74, 6) is 0.198.